The fraction of sp³-hybridized carbons (Fsp3) is 0.250. The summed E-state index contributed by atoms with van der Waals surface area (Å²) >= 11 is 0. The Bertz CT molecular complexity index is 581. The van der Waals surface area contributed by atoms with Gasteiger partial charge in [-0.1, -0.05) is 6.92 Å². The molecule has 0 aliphatic carbocycles. The van der Waals surface area contributed by atoms with Gasteiger partial charge in [-0.05, 0) is 30.7 Å². The molecule has 0 saturated heterocycles. The number of rotatable bonds is 2. The van der Waals surface area contributed by atoms with Gasteiger partial charge < -0.3 is 10.5 Å². The molecule has 0 aliphatic heterocycles. The van der Waals surface area contributed by atoms with Gasteiger partial charge in [0.2, 0.25) is 0 Å². The van der Waals surface area contributed by atoms with Crippen LogP contribution < -0.4 is 10.5 Å². The van der Waals surface area contributed by atoms with Crippen molar-refractivity contribution in [1.82, 2.24) is 4.98 Å². The van der Waals surface area contributed by atoms with Gasteiger partial charge in [0.15, 0.2) is 0 Å². The maximum atomic E-state index is 12.1. The summed E-state index contributed by atoms with van der Waals surface area (Å²) in [5.41, 5.74) is 7.53. The molecule has 0 atom stereocenters. The average Bonchev–Trinajstić information content (AvgIpc) is 2.27. The van der Waals surface area contributed by atoms with Gasteiger partial charge >= 0.3 is 6.36 Å². The van der Waals surface area contributed by atoms with E-state index in [-0.39, 0.29) is 5.75 Å². The summed E-state index contributed by atoms with van der Waals surface area (Å²) in [5.74, 6) is -0.298. The molecular weight excluding hydrogens is 245 g/mol. The summed E-state index contributed by atoms with van der Waals surface area (Å²) in [6, 6.07) is 5.58. The van der Waals surface area contributed by atoms with Crippen LogP contribution >= 0.6 is 0 Å². The number of pyridine rings is 1. The first-order valence-corrected chi connectivity index (χ1v) is 5.34. The van der Waals surface area contributed by atoms with Crippen molar-refractivity contribution in [1.29, 1.82) is 0 Å². The number of nitrogen functional groups attached to an aromatic ring is 1. The van der Waals surface area contributed by atoms with E-state index in [0.29, 0.717) is 23.0 Å². The molecule has 0 amide bonds. The topological polar surface area (TPSA) is 48.1 Å². The predicted molar refractivity (Wildman–Crippen MR) is 62.2 cm³/mol. The van der Waals surface area contributed by atoms with E-state index in [1.807, 2.05) is 6.92 Å². The lowest BCUT2D eigenvalue weighted by Crippen LogP contribution is -2.17. The number of nitrogens with zero attached hydrogens (tertiary/aromatic N) is 1. The van der Waals surface area contributed by atoms with Crippen molar-refractivity contribution in [3.8, 4) is 5.75 Å². The zero-order chi connectivity index (χ0) is 13.3. The van der Waals surface area contributed by atoms with Gasteiger partial charge in [0.05, 0.1) is 5.52 Å². The van der Waals surface area contributed by atoms with E-state index in [0.717, 1.165) is 5.69 Å². The molecule has 0 spiro atoms. The molecule has 0 radical (unpaired) electrons. The molecule has 1 aromatic carbocycles. The number of benzene rings is 1. The minimum atomic E-state index is -4.71. The van der Waals surface area contributed by atoms with Crippen LogP contribution in [0.5, 0.6) is 5.75 Å². The molecule has 2 aromatic rings. The van der Waals surface area contributed by atoms with E-state index in [1.54, 1.807) is 6.07 Å². The molecule has 3 nitrogen and oxygen atoms in total. The van der Waals surface area contributed by atoms with Crippen LogP contribution in [-0.4, -0.2) is 11.3 Å². The smallest absolute Gasteiger partial charge is 0.406 e. The van der Waals surface area contributed by atoms with E-state index in [2.05, 4.69) is 9.72 Å². The first-order chi connectivity index (χ1) is 8.39. The molecule has 18 heavy (non-hydrogen) atoms. The Morgan fingerprint density at radius 3 is 2.61 bits per heavy atom. The summed E-state index contributed by atoms with van der Waals surface area (Å²) < 4.78 is 40.1. The van der Waals surface area contributed by atoms with Crippen molar-refractivity contribution in [2.24, 2.45) is 0 Å². The van der Waals surface area contributed by atoms with Crippen molar-refractivity contribution < 1.29 is 17.9 Å². The lowest BCUT2D eigenvalue weighted by atomic mass is 10.1. The molecule has 1 heterocycles. The third kappa shape index (κ3) is 2.64. The zero-order valence-corrected chi connectivity index (χ0v) is 9.58. The summed E-state index contributed by atoms with van der Waals surface area (Å²) in [4.78, 5) is 4.28. The maximum absolute atomic E-state index is 12.1. The van der Waals surface area contributed by atoms with E-state index in [1.165, 1.54) is 18.2 Å². The third-order valence-electron chi connectivity index (χ3n) is 2.46. The molecule has 0 aliphatic rings. The number of nitrogens with two attached hydrogens (primary N) is 1. The molecule has 2 N–H and O–H groups in total. The molecule has 0 fully saturated rings. The Kier molecular flexibility index (Phi) is 3.02. The second kappa shape index (κ2) is 4.36. The maximum Gasteiger partial charge on any atom is 0.573 e. The number of fused-ring (bicyclic) bond motifs is 1. The highest BCUT2D eigenvalue weighted by atomic mass is 19.4. The second-order valence-corrected chi connectivity index (χ2v) is 3.78. The van der Waals surface area contributed by atoms with Crippen molar-refractivity contribution in [2.45, 2.75) is 19.7 Å². The number of alkyl halides is 3. The molecule has 1 aromatic heterocycles. The molecule has 96 valence electrons. The van der Waals surface area contributed by atoms with Gasteiger partial charge in [-0.3, -0.25) is 4.98 Å². The minimum Gasteiger partial charge on any atom is -0.406 e. The number of aromatic nitrogens is 1. The Labute approximate surface area is 101 Å². The molecule has 0 bridgehead atoms. The van der Waals surface area contributed by atoms with Crippen molar-refractivity contribution in [3.05, 3.63) is 30.0 Å². The van der Waals surface area contributed by atoms with Gasteiger partial charge in [-0.25, -0.2) is 0 Å². The number of ether oxygens (including phenoxy) is 1. The van der Waals surface area contributed by atoms with Gasteiger partial charge in [0.1, 0.15) is 5.75 Å². The van der Waals surface area contributed by atoms with E-state index >= 15 is 0 Å². The summed E-state index contributed by atoms with van der Waals surface area (Å²) in [6.07, 6.45) is -4.00. The van der Waals surface area contributed by atoms with Crippen LogP contribution in [0.2, 0.25) is 0 Å². The van der Waals surface area contributed by atoms with Crippen LogP contribution in [0.15, 0.2) is 24.3 Å². The summed E-state index contributed by atoms with van der Waals surface area (Å²) in [6.45, 7) is 1.93. The van der Waals surface area contributed by atoms with Crippen molar-refractivity contribution >= 4 is 16.6 Å². The highest BCUT2D eigenvalue weighted by Crippen LogP contribution is 2.28. The molecular formula is C12H11F3N2O. The van der Waals surface area contributed by atoms with E-state index < -0.39 is 6.36 Å². The van der Waals surface area contributed by atoms with Gasteiger partial charge in [-0.2, -0.15) is 0 Å². The van der Waals surface area contributed by atoms with Gasteiger partial charge in [0.25, 0.3) is 0 Å². The summed E-state index contributed by atoms with van der Waals surface area (Å²) in [5, 5.41) is 0.453. The Morgan fingerprint density at radius 1 is 1.28 bits per heavy atom. The first-order valence-electron chi connectivity index (χ1n) is 5.34. The lowest BCUT2D eigenvalue weighted by Gasteiger charge is -2.10. The number of anilines is 1. The van der Waals surface area contributed by atoms with Crippen molar-refractivity contribution in [2.75, 3.05) is 5.73 Å². The van der Waals surface area contributed by atoms with E-state index in [4.69, 9.17) is 5.73 Å². The van der Waals surface area contributed by atoms with Crippen LogP contribution in [0.3, 0.4) is 0 Å². The fourth-order valence-corrected chi connectivity index (χ4v) is 1.67. The van der Waals surface area contributed by atoms with Crippen LogP contribution in [0.4, 0.5) is 18.9 Å². The van der Waals surface area contributed by atoms with E-state index in [9.17, 15) is 13.2 Å². The summed E-state index contributed by atoms with van der Waals surface area (Å²) in [7, 11) is 0. The zero-order valence-electron chi connectivity index (χ0n) is 9.58. The number of hydrogen-bond acceptors (Lipinski definition) is 3. The molecule has 0 saturated carbocycles. The largest absolute Gasteiger partial charge is 0.573 e. The normalized spacial score (nSPS) is 11.8. The van der Waals surface area contributed by atoms with Crippen LogP contribution in [0.25, 0.3) is 10.9 Å². The fourth-order valence-electron chi connectivity index (χ4n) is 1.67. The van der Waals surface area contributed by atoms with Crippen molar-refractivity contribution in [3.63, 3.8) is 0 Å². The molecule has 0 unspecified atom stereocenters. The predicted octanol–water partition coefficient (Wildman–Crippen LogP) is 3.28. The van der Waals surface area contributed by atoms with Gasteiger partial charge in [-0.15, -0.1) is 13.2 Å². The highest BCUT2D eigenvalue weighted by molar-refractivity contribution is 5.91. The number of hydrogen-bond donors (Lipinski definition) is 1. The Morgan fingerprint density at radius 2 is 2.00 bits per heavy atom. The molecule has 6 heteroatoms. The molecule has 2 rings (SSSR count). The Balaban J connectivity index is 2.49. The van der Waals surface area contributed by atoms with Gasteiger partial charge in [0, 0.05) is 16.8 Å². The third-order valence-corrected chi connectivity index (χ3v) is 2.46. The standard InChI is InChI=1S/C12H11F3N2O/c1-2-7-5-10(16)9-6-8(18-12(13,14)15)3-4-11(9)17-7/h3-6H,2H2,1H3,(H2,16,17). The van der Waals surface area contributed by atoms with Crippen LogP contribution in [0.1, 0.15) is 12.6 Å². The lowest BCUT2D eigenvalue weighted by molar-refractivity contribution is -0.274. The SMILES string of the molecule is CCc1cc(N)c2cc(OC(F)(F)F)ccc2n1. The second-order valence-electron chi connectivity index (χ2n) is 3.78. The number of aryl methyl sites for hydroxylation is 1. The van der Waals surface area contributed by atoms with Crippen LogP contribution in [0, 0.1) is 0 Å². The quantitative estimate of drug-likeness (QED) is 0.897. The van der Waals surface area contributed by atoms with Crippen LogP contribution in [-0.2, 0) is 6.42 Å². The average molecular weight is 256 g/mol. The highest BCUT2D eigenvalue weighted by Gasteiger charge is 2.31. The monoisotopic (exact) mass is 256 g/mol. The number of halogens is 3. The minimum absolute atomic E-state index is 0.298. The Hall–Kier alpha value is -1.98. The first kappa shape index (κ1) is 12.5.